The topological polar surface area (TPSA) is 0 Å². The van der Waals surface area contributed by atoms with Gasteiger partial charge in [0.25, 0.3) is 0 Å². The van der Waals surface area contributed by atoms with E-state index in [2.05, 4.69) is 81.8 Å². The molecule has 0 saturated heterocycles. The molecule has 0 amide bonds. The van der Waals surface area contributed by atoms with Crippen molar-refractivity contribution in [3.63, 3.8) is 0 Å². The summed E-state index contributed by atoms with van der Waals surface area (Å²) in [7, 11) is -0.120. The van der Waals surface area contributed by atoms with Crippen molar-refractivity contribution in [3.8, 4) is 0 Å². The summed E-state index contributed by atoms with van der Waals surface area (Å²) in [5.41, 5.74) is 5.26. The molecule has 130 valence electrons. The first-order valence-electron chi connectivity index (χ1n) is 6.59. The molecule has 24 heavy (non-hydrogen) atoms. The monoisotopic (exact) mass is 498 g/mol. The predicted molar refractivity (Wildman–Crippen MR) is 89.0 cm³/mol. The molecule has 0 spiro atoms. The van der Waals surface area contributed by atoms with Crippen LogP contribution in [0.5, 0.6) is 0 Å². The summed E-state index contributed by atoms with van der Waals surface area (Å²) < 4.78 is 0. The molecule has 0 fully saturated rings. The number of hydrogen-bond donors (Lipinski definition) is 0. The van der Waals surface area contributed by atoms with Crippen molar-refractivity contribution in [2.24, 2.45) is 0 Å². The van der Waals surface area contributed by atoms with Crippen LogP contribution in [0.25, 0.3) is 11.4 Å². The summed E-state index contributed by atoms with van der Waals surface area (Å²) in [6.45, 7) is 8.89. The molecule has 0 unspecified atom stereocenters. The number of rotatable bonds is 3. The molecule has 2 aromatic carbocycles. The van der Waals surface area contributed by atoms with E-state index in [0.717, 1.165) is 0 Å². The molecular formula is C18H21Cl4PZr. The van der Waals surface area contributed by atoms with E-state index in [0.29, 0.717) is 0 Å². The van der Waals surface area contributed by atoms with Crippen LogP contribution in [-0.4, -0.2) is 13.3 Å². The van der Waals surface area contributed by atoms with Crippen molar-refractivity contribution in [1.82, 2.24) is 0 Å². The molecule has 2 aromatic rings. The van der Waals surface area contributed by atoms with Crippen molar-refractivity contribution < 1.29 is 75.8 Å². The number of benzene rings is 2. The molecule has 0 atom stereocenters. The van der Waals surface area contributed by atoms with Crippen LogP contribution in [0.3, 0.4) is 0 Å². The SMILES string of the molecule is Cc1ccc(C=C(c2ccc(C)cc2)P(C)C)cc1.[Cl-].[Cl-].[Cl-].[Cl-].[Zr+4]. The molecule has 0 radical (unpaired) electrons. The molecular weight excluding hydrogens is 480 g/mol. The van der Waals surface area contributed by atoms with Crippen LogP contribution in [0.2, 0.25) is 0 Å². The number of aryl methyl sites for hydroxylation is 2. The van der Waals surface area contributed by atoms with Gasteiger partial charge in [-0.15, -0.1) is 0 Å². The first-order chi connectivity index (χ1) is 9.06. The normalized spacial score (nSPS) is 9.46. The van der Waals surface area contributed by atoms with Gasteiger partial charge in [-0.1, -0.05) is 67.6 Å². The van der Waals surface area contributed by atoms with Gasteiger partial charge in [0.1, 0.15) is 0 Å². The maximum Gasteiger partial charge on any atom is 4.00 e. The number of hydrogen-bond acceptors (Lipinski definition) is 0. The molecule has 6 heteroatoms. The van der Waals surface area contributed by atoms with E-state index >= 15 is 0 Å². The van der Waals surface area contributed by atoms with Crippen LogP contribution in [0.4, 0.5) is 0 Å². The minimum atomic E-state index is -0.120. The van der Waals surface area contributed by atoms with Crippen molar-refractivity contribution >= 4 is 19.3 Å². The first-order valence-corrected chi connectivity index (χ1v) is 8.82. The zero-order valence-corrected chi connectivity index (χ0v) is 20.5. The zero-order chi connectivity index (χ0) is 13.8. The zero-order valence-electron chi connectivity index (χ0n) is 14.2. The molecule has 0 aromatic heterocycles. The van der Waals surface area contributed by atoms with Gasteiger partial charge in [-0.3, -0.25) is 0 Å². The smallest absolute Gasteiger partial charge is 1.00 e. The predicted octanol–water partition coefficient (Wildman–Crippen LogP) is -6.44. The van der Waals surface area contributed by atoms with E-state index in [1.165, 1.54) is 27.6 Å². The van der Waals surface area contributed by atoms with Gasteiger partial charge >= 0.3 is 26.2 Å². The summed E-state index contributed by atoms with van der Waals surface area (Å²) in [4.78, 5) is 0. The van der Waals surface area contributed by atoms with E-state index in [4.69, 9.17) is 0 Å². The van der Waals surface area contributed by atoms with Crippen molar-refractivity contribution in [3.05, 3.63) is 70.8 Å². The van der Waals surface area contributed by atoms with Gasteiger partial charge in [0.2, 0.25) is 0 Å². The standard InChI is InChI=1S/C18H21P.4ClH.Zr/c1-14-5-9-16(10-6-14)13-18(19(3)4)17-11-7-15(2)8-12-17;;;;;/h5-13H,1-4H3;4*1H;/q;;;;;+4/p-4. The molecule has 0 aliphatic heterocycles. The Morgan fingerprint density at radius 3 is 1.46 bits per heavy atom. The van der Waals surface area contributed by atoms with E-state index in [1.807, 2.05) is 0 Å². The van der Waals surface area contributed by atoms with Crippen LogP contribution in [0.15, 0.2) is 48.5 Å². The van der Waals surface area contributed by atoms with Crippen LogP contribution in [0.1, 0.15) is 22.3 Å². The molecule has 0 heterocycles. The summed E-state index contributed by atoms with van der Waals surface area (Å²) in [6.07, 6.45) is 2.33. The summed E-state index contributed by atoms with van der Waals surface area (Å²) in [5, 5.41) is 1.46. The van der Waals surface area contributed by atoms with Crippen LogP contribution >= 0.6 is 7.92 Å². The van der Waals surface area contributed by atoms with Gasteiger partial charge in [0, 0.05) is 0 Å². The van der Waals surface area contributed by atoms with Crippen molar-refractivity contribution in [2.45, 2.75) is 13.8 Å². The van der Waals surface area contributed by atoms with Crippen LogP contribution in [0, 0.1) is 13.8 Å². The molecule has 0 bridgehead atoms. The summed E-state index contributed by atoms with van der Waals surface area (Å²) in [6, 6.07) is 17.6. The van der Waals surface area contributed by atoms with Gasteiger partial charge in [-0.2, -0.15) is 0 Å². The Hall–Kier alpha value is 0.653. The third-order valence-corrected chi connectivity index (χ3v) is 4.56. The van der Waals surface area contributed by atoms with E-state index in [-0.39, 0.29) is 83.8 Å². The third-order valence-electron chi connectivity index (χ3n) is 3.21. The molecule has 0 N–H and O–H groups in total. The maximum absolute atomic E-state index is 2.33. The van der Waals surface area contributed by atoms with E-state index in [9.17, 15) is 0 Å². The van der Waals surface area contributed by atoms with Crippen molar-refractivity contribution in [2.75, 3.05) is 13.3 Å². The molecule has 0 aliphatic rings. The van der Waals surface area contributed by atoms with Gasteiger partial charge in [-0.05, 0) is 49.7 Å². The second kappa shape index (κ2) is 15.9. The van der Waals surface area contributed by atoms with Gasteiger partial charge < -0.3 is 49.6 Å². The fourth-order valence-corrected chi connectivity index (χ4v) is 3.09. The molecule has 0 nitrogen and oxygen atoms in total. The van der Waals surface area contributed by atoms with E-state index < -0.39 is 0 Å². The minimum absolute atomic E-state index is 0. The molecule has 2 rings (SSSR count). The van der Waals surface area contributed by atoms with Gasteiger partial charge in [0.15, 0.2) is 0 Å². The second-order valence-corrected chi connectivity index (χ2v) is 7.47. The first kappa shape index (κ1) is 32.3. The Balaban J connectivity index is -0.000000400. The Bertz CT molecular complexity index is 581. The fraction of sp³-hybridized carbons (Fsp3) is 0.222. The van der Waals surface area contributed by atoms with Gasteiger partial charge in [-0.25, -0.2) is 0 Å². The average Bonchev–Trinajstić information content (AvgIpc) is 2.39. The summed E-state index contributed by atoms with van der Waals surface area (Å²) >= 11 is 0. The Morgan fingerprint density at radius 1 is 0.708 bits per heavy atom. The van der Waals surface area contributed by atoms with Crippen molar-refractivity contribution in [1.29, 1.82) is 0 Å². The van der Waals surface area contributed by atoms with Crippen LogP contribution < -0.4 is 49.6 Å². The Morgan fingerprint density at radius 2 is 1.08 bits per heavy atom. The summed E-state index contributed by atoms with van der Waals surface area (Å²) in [5.74, 6) is 0. The minimum Gasteiger partial charge on any atom is -1.00 e. The molecule has 0 saturated carbocycles. The van der Waals surface area contributed by atoms with E-state index in [1.54, 1.807) is 0 Å². The fourth-order valence-electron chi connectivity index (χ4n) is 2.02. The van der Waals surface area contributed by atoms with Gasteiger partial charge in [0.05, 0.1) is 0 Å². The maximum atomic E-state index is 2.33. The second-order valence-electron chi connectivity index (χ2n) is 5.20. The van der Waals surface area contributed by atoms with Crippen LogP contribution in [-0.2, 0) is 26.2 Å². The largest absolute Gasteiger partial charge is 4.00 e. The third kappa shape index (κ3) is 9.96. The Kier molecular flexibility index (Phi) is 21.4. The average molecular weight is 501 g/mol. The quantitative estimate of drug-likeness (QED) is 0.290. The number of halogens is 4. The molecule has 0 aliphatic carbocycles. The Labute approximate surface area is 191 Å².